The smallest absolute Gasteiger partial charge is 0.321 e. The Morgan fingerprint density at radius 1 is 1.31 bits per heavy atom. The van der Waals surface area contributed by atoms with E-state index in [1.807, 2.05) is 0 Å². The number of hydrogen-bond acceptors (Lipinski definition) is 2. The fraction of sp³-hybridized carbons (Fsp3) is 0. The quantitative estimate of drug-likeness (QED) is 0.493. The molecular weight excluding hydrogens is 219 g/mol. The molecule has 4 N–H and O–H groups in total. The van der Waals surface area contributed by atoms with Gasteiger partial charge in [-0.05, 0) is 12.1 Å². The van der Waals surface area contributed by atoms with Gasteiger partial charge in [-0.1, -0.05) is 23.7 Å². The predicted octanol–water partition coefficient (Wildman–Crippen LogP) is 0.973. The molecule has 1 aromatic rings. The third-order valence-electron chi connectivity index (χ3n) is 1.17. The minimum Gasteiger partial charge on any atom is -0.321 e. The van der Waals surface area contributed by atoms with Crippen LogP contribution in [0.25, 0.3) is 0 Å². The molecule has 0 bridgehead atoms. The zero-order chi connectivity index (χ0) is 10.5. The molecule has 0 aliphatic carbocycles. The molecule has 1 aromatic carbocycles. The Labute approximate surface area is 79.2 Å². The van der Waals surface area contributed by atoms with Crippen molar-refractivity contribution in [3.63, 3.8) is 0 Å². The van der Waals surface area contributed by atoms with Crippen LogP contribution in [0.2, 0.25) is 5.02 Å². The highest BCUT2D eigenvalue weighted by atomic mass is 35.5. The summed E-state index contributed by atoms with van der Waals surface area (Å²) in [7, 11) is -4.19. The lowest BCUT2D eigenvalue weighted by atomic mass is 10.4. The Hall–Kier alpha value is -0.450. The Balaban J connectivity index is 0.000000671. The van der Waals surface area contributed by atoms with Gasteiger partial charge in [0.15, 0.2) is 0 Å². The molecule has 0 aromatic heterocycles. The molecule has 13 heavy (non-hydrogen) atoms. The first-order chi connectivity index (χ1) is 6.02. The number of benzene rings is 1. The molecule has 7 heteroatoms. The van der Waals surface area contributed by atoms with Crippen LogP contribution in [0.3, 0.4) is 0 Å². The molecule has 0 amide bonds. The van der Waals surface area contributed by atoms with E-state index in [1.54, 1.807) is 6.07 Å². The van der Waals surface area contributed by atoms with Gasteiger partial charge in [-0.3, -0.25) is 4.57 Å². The summed E-state index contributed by atoms with van der Waals surface area (Å²) in [4.78, 5) is 17.4. The van der Waals surface area contributed by atoms with Crippen molar-refractivity contribution in [3.05, 3.63) is 29.3 Å². The van der Waals surface area contributed by atoms with Crippen molar-refractivity contribution < 1.29 is 18.8 Å². The fourth-order valence-corrected chi connectivity index (χ4v) is 1.79. The van der Waals surface area contributed by atoms with E-state index in [9.17, 15) is 4.57 Å². The topological polar surface area (TPSA) is 83.6 Å². The van der Waals surface area contributed by atoms with Crippen LogP contribution in [0, 0.1) is 0 Å². The highest BCUT2D eigenvalue weighted by Crippen LogP contribution is 2.35. The Morgan fingerprint density at radius 3 is 2.08 bits per heavy atom. The Morgan fingerprint density at radius 2 is 1.77 bits per heavy atom. The second kappa shape index (κ2) is 5.32. The number of halogens is 2. The molecule has 1 rings (SSSR count). The third kappa shape index (κ3) is 3.85. The van der Waals surface area contributed by atoms with Crippen molar-refractivity contribution in [2.45, 2.75) is 0 Å². The van der Waals surface area contributed by atoms with E-state index in [0.717, 1.165) is 0 Å². The van der Waals surface area contributed by atoms with E-state index < -0.39 is 7.60 Å². The van der Waals surface area contributed by atoms with Gasteiger partial charge in [0.1, 0.15) is 0 Å². The van der Waals surface area contributed by atoms with Gasteiger partial charge >= 0.3 is 7.60 Å². The predicted molar refractivity (Wildman–Crippen MR) is 48.4 cm³/mol. The molecule has 0 saturated heterocycles. The average Bonchev–Trinajstić information content (AvgIpc) is 2.07. The summed E-state index contributed by atoms with van der Waals surface area (Å²) in [5, 5.41) is -0.0255. The normalized spacial score (nSPS) is 10.2. The van der Waals surface area contributed by atoms with Gasteiger partial charge in [0.25, 0.3) is 0 Å². The highest BCUT2D eigenvalue weighted by molar-refractivity contribution is 7.60. The average molecular weight is 228 g/mol. The Kier molecular flexibility index (Phi) is 5.13. The minimum atomic E-state index is -4.19. The minimum absolute atomic E-state index is 0.0980. The summed E-state index contributed by atoms with van der Waals surface area (Å²) in [5.41, 5.74) is 0. The van der Waals surface area contributed by atoms with Crippen LogP contribution in [0.4, 0.5) is 4.48 Å². The molecule has 0 atom stereocenters. The first-order valence-corrected chi connectivity index (χ1v) is 5.03. The van der Waals surface area contributed by atoms with Crippen LogP contribution in [-0.4, -0.2) is 9.79 Å². The second-order valence-corrected chi connectivity index (χ2v) is 3.97. The van der Waals surface area contributed by atoms with Crippen LogP contribution < -0.4 is 11.3 Å². The summed E-state index contributed by atoms with van der Waals surface area (Å²) in [6, 6.07) is 5.89. The SMILES string of the molecule is NF.O=P(O)(O)c1ccccc1Cl. The van der Waals surface area contributed by atoms with Crippen molar-refractivity contribution in [2.24, 2.45) is 5.96 Å². The summed E-state index contributed by atoms with van der Waals surface area (Å²) >= 11 is 5.52. The van der Waals surface area contributed by atoms with Gasteiger partial charge in [0.2, 0.25) is 0 Å². The lowest BCUT2D eigenvalue weighted by molar-refractivity contribution is 0.387. The van der Waals surface area contributed by atoms with E-state index >= 15 is 0 Å². The summed E-state index contributed by atoms with van der Waals surface area (Å²) in [6.45, 7) is 0. The zero-order valence-corrected chi connectivity index (χ0v) is 8.04. The second-order valence-electron chi connectivity index (χ2n) is 2.00. The molecule has 0 unspecified atom stereocenters. The van der Waals surface area contributed by atoms with Gasteiger partial charge < -0.3 is 9.79 Å². The standard InChI is InChI=1S/C6H6ClO3P.FH2N/c7-5-3-1-2-4-6(5)11(8,9)10;1-2/h1-4H,(H2,8,9,10);2H2. The molecule has 0 radical (unpaired) electrons. The maximum Gasteiger partial charge on any atom is 0.357 e. The van der Waals surface area contributed by atoms with Gasteiger partial charge in [-0.2, -0.15) is 5.96 Å². The largest absolute Gasteiger partial charge is 0.357 e. The first kappa shape index (κ1) is 12.6. The van der Waals surface area contributed by atoms with E-state index in [0.29, 0.717) is 0 Å². The van der Waals surface area contributed by atoms with Crippen LogP contribution >= 0.6 is 19.2 Å². The molecular formula is C6H8ClFNO3P. The van der Waals surface area contributed by atoms with E-state index in [2.05, 4.69) is 5.96 Å². The monoisotopic (exact) mass is 227 g/mol. The van der Waals surface area contributed by atoms with Crippen molar-refractivity contribution in [2.75, 3.05) is 0 Å². The van der Waals surface area contributed by atoms with Crippen LogP contribution in [-0.2, 0) is 4.57 Å². The molecule has 4 nitrogen and oxygen atoms in total. The lowest BCUT2D eigenvalue weighted by Crippen LogP contribution is -2.03. The molecule has 0 aliphatic heterocycles. The lowest BCUT2D eigenvalue weighted by Gasteiger charge is -2.04. The molecule has 0 saturated carbocycles. The molecule has 74 valence electrons. The van der Waals surface area contributed by atoms with E-state index in [-0.39, 0.29) is 10.3 Å². The van der Waals surface area contributed by atoms with Crippen molar-refractivity contribution >= 4 is 24.5 Å². The summed E-state index contributed by atoms with van der Waals surface area (Å²) in [6.07, 6.45) is 0. The zero-order valence-electron chi connectivity index (χ0n) is 6.39. The Bertz CT molecular complexity index is 317. The highest BCUT2D eigenvalue weighted by Gasteiger charge is 2.19. The van der Waals surface area contributed by atoms with E-state index in [4.69, 9.17) is 25.9 Å². The molecule has 0 aliphatic rings. The summed E-state index contributed by atoms with van der Waals surface area (Å²) < 4.78 is 19.7. The summed E-state index contributed by atoms with van der Waals surface area (Å²) in [5.74, 6) is 3.00. The molecule has 0 spiro atoms. The first-order valence-electron chi connectivity index (χ1n) is 3.04. The van der Waals surface area contributed by atoms with Crippen molar-refractivity contribution in [1.82, 2.24) is 0 Å². The van der Waals surface area contributed by atoms with Gasteiger partial charge in [0, 0.05) is 0 Å². The number of nitrogens with two attached hydrogens (primary N) is 1. The molecule has 0 fully saturated rings. The number of rotatable bonds is 1. The fourth-order valence-electron chi connectivity index (χ4n) is 0.688. The van der Waals surface area contributed by atoms with E-state index in [1.165, 1.54) is 18.2 Å². The van der Waals surface area contributed by atoms with Crippen LogP contribution in [0.15, 0.2) is 24.3 Å². The van der Waals surface area contributed by atoms with Gasteiger partial charge in [-0.25, -0.2) is 0 Å². The van der Waals surface area contributed by atoms with Crippen LogP contribution in [0.5, 0.6) is 0 Å². The van der Waals surface area contributed by atoms with Gasteiger partial charge in [-0.15, -0.1) is 4.48 Å². The third-order valence-corrected chi connectivity index (χ3v) is 2.65. The maximum absolute atomic E-state index is 10.7. The van der Waals surface area contributed by atoms with Gasteiger partial charge in [0.05, 0.1) is 10.3 Å². The van der Waals surface area contributed by atoms with Crippen LogP contribution in [0.1, 0.15) is 0 Å². The van der Waals surface area contributed by atoms with Crippen molar-refractivity contribution in [1.29, 1.82) is 0 Å². The number of hydrogen-bond donors (Lipinski definition) is 3. The maximum atomic E-state index is 10.7. The molecule has 0 heterocycles. The van der Waals surface area contributed by atoms with Crippen molar-refractivity contribution in [3.8, 4) is 0 Å².